The summed E-state index contributed by atoms with van der Waals surface area (Å²) >= 11 is 0. The molecular weight excluding hydrogens is 351 g/mol. The van der Waals surface area contributed by atoms with Crippen LogP contribution in [0.2, 0.25) is 0 Å². The van der Waals surface area contributed by atoms with Crippen molar-refractivity contribution in [3.8, 4) is 0 Å². The first-order chi connectivity index (χ1) is 12.1. The van der Waals surface area contributed by atoms with Crippen LogP contribution in [0.4, 0.5) is 0 Å². The summed E-state index contributed by atoms with van der Waals surface area (Å²) in [5.41, 5.74) is 0. The molecule has 0 bridgehead atoms. The summed E-state index contributed by atoms with van der Waals surface area (Å²) in [5.74, 6) is -0.311. The fraction of sp³-hybridized carbons (Fsp3) is 0.938. The number of carbonyl (C=O) groups is 1. The van der Waals surface area contributed by atoms with Crippen molar-refractivity contribution in [2.45, 2.75) is 57.5 Å². The first-order valence-electron chi connectivity index (χ1n) is 8.62. The largest absolute Gasteiger partial charge is 0.728 e. The van der Waals surface area contributed by atoms with Crippen LogP contribution in [-0.2, 0) is 37.7 Å². The zero-order valence-corrected chi connectivity index (χ0v) is 16.5. The first kappa shape index (κ1) is 24.4. The molecule has 0 amide bonds. The fourth-order valence-electron chi connectivity index (χ4n) is 2.17. The highest BCUT2D eigenvalue weighted by Crippen LogP contribution is 2.24. The molecule has 0 aromatic heterocycles. The summed E-state index contributed by atoms with van der Waals surface area (Å²) in [4.78, 5) is 16.1. The second-order valence-corrected chi connectivity index (χ2v) is 6.40. The van der Waals surface area contributed by atoms with E-state index in [-0.39, 0.29) is 19.2 Å². The molecule has 0 aliphatic carbocycles. The van der Waals surface area contributed by atoms with E-state index in [2.05, 4.69) is 9.56 Å². The Bertz CT molecular complexity index is 340. The maximum Gasteiger partial charge on any atom is 0.728 e. The molecule has 0 aromatic rings. The summed E-state index contributed by atoms with van der Waals surface area (Å²) in [6, 6.07) is 0. The number of rotatable bonds is 18. The topological polar surface area (TPSA) is 89.5 Å². The Morgan fingerprint density at radius 1 is 0.880 bits per heavy atom. The number of hydrogen-bond acceptors (Lipinski definition) is 8. The van der Waals surface area contributed by atoms with Gasteiger partial charge in [-0.2, -0.15) is 4.89 Å². The Kier molecular flexibility index (Phi) is 17.7. The van der Waals surface area contributed by atoms with E-state index in [4.69, 9.17) is 18.7 Å². The molecule has 25 heavy (non-hydrogen) atoms. The van der Waals surface area contributed by atoms with Gasteiger partial charge in [0.15, 0.2) is 6.10 Å². The Labute approximate surface area is 151 Å². The van der Waals surface area contributed by atoms with Gasteiger partial charge in [0, 0.05) is 31.8 Å². The smallest absolute Gasteiger partial charge is 0.457 e. The molecule has 2 unspecified atom stereocenters. The zero-order valence-electron chi connectivity index (χ0n) is 15.6. The van der Waals surface area contributed by atoms with Crippen LogP contribution in [-0.4, -0.2) is 53.2 Å². The van der Waals surface area contributed by atoms with Gasteiger partial charge in [-0.1, -0.05) is 32.1 Å². The molecule has 0 aromatic carbocycles. The highest BCUT2D eigenvalue weighted by atomic mass is 31.1. The molecule has 0 N–H and O–H groups in total. The lowest BCUT2D eigenvalue weighted by Crippen LogP contribution is -2.27. The zero-order chi connectivity index (χ0) is 18.8. The monoisotopic (exact) mass is 383 g/mol. The maximum atomic E-state index is 11.8. The number of esters is 1. The van der Waals surface area contributed by atoms with Crippen molar-refractivity contribution in [2.75, 3.05) is 41.2 Å². The van der Waals surface area contributed by atoms with Gasteiger partial charge in [-0.3, -0.25) is 4.79 Å². The van der Waals surface area contributed by atoms with Gasteiger partial charge < -0.3 is 14.2 Å². The summed E-state index contributed by atoms with van der Waals surface area (Å²) in [6.07, 6.45) is 7.28. The van der Waals surface area contributed by atoms with Crippen LogP contribution in [0.5, 0.6) is 0 Å². The van der Waals surface area contributed by atoms with Gasteiger partial charge >= 0.3 is 14.2 Å². The second-order valence-electron chi connectivity index (χ2n) is 5.55. The van der Waals surface area contributed by atoms with Gasteiger partial charge in [0.05, 0.1) is 18.4 Å². The average Bonchev–Trinajstić information content (AvgIpc) is 2.58. The maximum absolute atomic E-state index is 11.8. The van der Waals surface area contributed by atoms with E-state index in [9.17, 15) is 9.36 Å². The third kappa shape index (κ3) is 16.6. The molecule has 9 heteroatoms. The van der Waals surface area contributed by atoms with Gasteiger partial charge in [0.1, 0.15) is 6.61 Å². The Morgan fingerprint density at radius 3 is 2.12 bits per heavy atom. The SMILES string of the molecule is COCCCCCCCCCC(=O)OC(COC)CO[P+](=O)OOC. The highest BCUT2D eigenvalue weighted by molar-refractivity contribution is 7.33. The van der Waals surface area contributed by atoms with E-state index in [1.165, 1.54) is 33.5 Å². The summed E-state index contributed by atoms with van der Waals surface area (Å²) in [6.45, 7) is 0.896. The van der Waals surface area contributed by atoms with Crippen molar-refractivity contribution in [2.24, 2.45) is 0 Å². The van der Waals surface area contributed by atoms with E-state index in [1.807, 2.05) is 0 Å². The lowest BCUT2D eigenvalue weighted by Gasteiger charge is -2.14. The number of hydrogen-bond donors (Lipinski definition) is 0. The highest BCUT2D eigenvalue weighted by Gasteiger charge is 2.26. The lowest BCUT2D eigenvalue weighted by molar-refractivity contribution is -0.183. The molecule has 8 nitrogen and oxygen atoms in total. The molecule has 0 aliphatic heterocycles. The molecule has 0 rings (SSSR count). The first-order valence-corrected chi connectivity index (χ1v) is 9.71. The van der Waals surface area contributed by atoms with Crippen LogP contribution in [0.1, 0.15) is 51.4 Å². The average molecular weight is 383 g/mol. The van der Waals surface area contributed by atoms with E-state index in [1.54, 1.807) is 7.11 Å². The minimum Gasteiger partial charge on any atom is -0.457 e. The van der Waals surface area contributed by atoms with Gasteiger partial charge in [0.2, 0.25) is 0 Å². The van der Waals surface area contributed by atoms with Crippen molar-refractivity contribution in [3.05, 3.63) is 0 Å². The van der Waals surface area contributed by atoms with Crippen LogP contribution < -0.4 is 0 Å². The second kappa shape index (κ2) is 18.2. The summed E-state index contributed by atoms with van der Waals surface area (Å²) in [5, 5.41) is 0. The van der Waals surface area contributed by atoms with Crippen molar-refractivity contribution in [1.29, 1.82) is 0 Å². The van der Waals surface area contributed by atoms with Crippen molar-refractivity contribution in [3.63, 3.8) is 0 Å². The Morgan fingerprint density at radius 2 is 1.52 bits per heavy atom. The van der Waals surface area contributed by atoms with Crippen molar-refractivity contribution < 1.29 is 37.7 Å². The molecule has 0 fully saturated rings. The van der Waals surface area contributed by atoms with Gasteiger partial charge in [-0.25, -0.2) is 0 Å². The number of unbranched alkanes of at least 4 members (excludes halogenated alkanes) is 6. The third-order valence-corrected chi connectivity index (χ3v) is 4.01. The minimum absolute atomic E-state index is 0.0837. The van der Waals surface area contributed by atoms with E-state index in [0.717, 1.165) is 32.3 Å². The fourth-order valence-corrected chi connectivity index (χ4v) is 2.63. The van der Waals surface area contributed by atoms with Crippen LogP contribution in [0.3, 0.4) is 0 Å². The number of carbonyl (C=O) groups excluding carboxylic acids is 1. The minimum atomic E-state index is -2.40. The third-order valence-electron chi connectivity index (χ3n) is 3.38. The van der Waals surface area contributed by atoms with E-state index < -0.39 is 14.4 Å². The molecule has 148 valence electrons. The number of methoxy groups -OCH3 is 2. The molecule has 0 saturated carbocycles. The molecule has 0 radical (unpaired) electrons. The summed E-state index contributed by atoms with van der Waals surface area (Å²) in [7, 11) is 2.03. The molecule has 0 saturated heterocycles. The van der Waals surface area contributed by atoms with E-state index in [0.29, 0.717) is 6.42 Å². The molecule has 0 spiro atoms. The van der Waals surface area contributed by atoms with Gasteiger partial charge in [-0.15, -0.1) is 4.52 Å². The Balaban J connectivity index is 3.72. The quantitative estimate of drug-likeness (QED) is 0.117. The molecular formula is C16H32O8P+. The normalized spacial score (nSPS) is 12.8. The predicted octanol–water partition coefficient (Wildman–Crippen LogP) is 3.56. The number of ether oxygens (including phenoxy) is 3. The lowest BCUT2D eigenvalue weighted by atomic mass is 10.1. The molecule has 0 heterocycles. The van der Waals surface area contributed by atoms with Crippen LogP contribution in [0.25, 0.3) is 0 Å². The van der Waals surface area contributed by atoms with Crippen molar-refractivity contribution >= 4 is 14.2 Å². The van der Waals surface area contributed by atoms with Gasteiger partial charge in [0.25, 0.3) is 0 Å². The molecule has 0 aliphatic rings. The van der Waals surface area contributed by atoms with E-state index >= 15 is 0 Å². The van der Waals surface area contributed by atoms with Crippen molar-refractivity contribution in [1.82, 2.24) is 0 Å². The van der Waals surface area contributed by atoms with Crippen LogP contribution in [0.15, 0.2) is 0 Å². The van der Waals surface area contributed by atoms with Crippen LogP contribution >= 0.6 is 8.25 Å². The van der Waals surface area contributed by atoms with Crippen LogP contribution in [0, 0.1) is 0 Å². The molecule has 2 atom stereocenters. The van der Waals surface area contributed by atoms with Gasteiger partial charge in [-0.05, 0) is 12.8 Å². The standard InChI is InChI=1S/C16H32O8P/c1-19-12-10-8-6-4-5-7-9-11-16(17)23-15(13-20-2)14-22-25(18)24-21-3/h15H,4-14H2,1-3H3/q+1. The summed E-state index contributed by atoms with van der Waals surface area (Å²) < 4.78 is 35.6. The predicted molar refractivity (Wildman–Crippen MR) is 92.2 cm³/mol. The Hall–Kier alpha value is -0.630.